The molecule has 0 bridgehead atoms. The van der Waals surface area contributed by atoms with Crippen LogP contribution in [0.15, 0.2) is 70.5 Å². The van der Waals surface area contributed by atoms with Gasteiger partial charge in [0, 0.05) is 13.1 Å². The second kappa shape index (κ2) is 7.25. The molecule has 0 unspecified atom stereocenters. The first-order valence-corrected chi connectivity index (χ1v) is 10.9. The Morgan fingerprint density at radius 3 is 1.32 bits per heavy atom. The van der Waals surface area contributed by atoms with Crippen molar-refractivity contribution in [2.45, 2.75) is 22.6 Å². The van der Waals surface area contributed by atoms with Crippen LogP contribution in [0.3, 0.4) is 0 Å². The standard InChI is InChI=1S/C17H20N2O4S2/c20-24(21,16-9-3-1-4-10-16)18-13-7-8-14-19(15-18)25(22,23)17-11-5-2-6-12-17/h1-6,9-12H,7-8,13-15H2. The minimum absolute atomic E-state index is 0.172. The van der Waals surface area contributed by atoms with E-state index in [1.807, 2.05) is 0 Å². The summed E-state index contributed by atoms with van der Waals surface area (Å²) in [5.74, 6) is 0. The lowest BCUT2D eigenvalue weighted by Crippen LogP contribution is -2.42. The summed E-state index contributed by atoms with van der Waals surface area (Å²) in [6, 6.07) is 16.2. The lowest BCUT2D eigenvalue weighted by Gasteiger charge is -2.26. The molecular formula is C17H20N2O4S2. The summed E-state index contributed by atoms with van der Waals surface area (Å²) in [6.07, 6.45) is 1.24. The summed E-state index contributed by atoms with van der Waals surface area (Å²) >= 11 is 0. The first kappa shape index (κ1) is 18.1. The third-order valence-corrected chi connectivity index (χ3v) is 7.83. The van der Waals surface area contributed by atoms with Crippen molar-refractivity contribution in [1.29, 1.82) is 0 Å². The molecule has 0 radical (unpaired) electrons. The fraction of sp³-hybridized carbons (Fsp3) is 0.294. The van der Waals surface area contributed by atoms with Crippen LogP contribution in [0, 0.1) is 0 Å². The topological polar surface area (TPSA) is 74.8 Å². The van der Waals surface area contributed by atoms with Gasteiger partial charge < -0.3 is 0 Å². The second-order valence-corrected chi connectivity index (χ2v) is 9.71. The minimum atomic E-state index is -3.73. The molecule has 134 valence electrons. The monoisotopic (exact) mass is 380 g/mol. The highest BCUT2D eigenvalue weighted by Crippen LogP contribution is 2.23. The van der Waals surface area contributed by atoms with Gasteiger partial charge >= 0.3 is 0 Å². The van der Waals surface area contributed by atoms with E-state index in [9.17, 15) is 16.8 Å². The molecule has 0 aliphatic carbocycles. The van der Waals surface area contributed by atoms with Gasteiger partial charge in [-0.2, -0.15) is 8.61 Å². The number of benzene rings is 2. The molecule has 1 heterocycles. The summed E-state index contributed by atoms with van der Waals surface area (Å²) in [7, 11) is -7.47. The summed E-state index contributed by atoms with van der Waals surface area (Å²) in [5.41, 5.74) is 0. The average Bonchev–Trinajstić information content (AvgIpc) is 2.90. The van der Waals surface area contributed by atoms with E-state index in [2.05, 4.69) is 0 Å². The van der Waals surface area contributed by atoms with E-state index in [-0.39, 0.29) is 16.5 Å². The molecular weight excluding hydrogens is 360 g/mol. The van der Waals surface area contributed by atoms with Gasteiger partial charge in [-0.3, -0.25) is 0 Å². The van der Waals surface area contributed by atoms with Crippen molar-refractivity contribution in [1.82, 2.24) is 8.61 Å². The van der Waals surface area contributed by atoms with Crippen molar-refractivity contribution in [2.75, 3.05) is 19.8 Å². The van der Waals surface area contributed by atoms with E-state index in [0.29, 0.717) is 25.9 Å². The van der Waals surface area contributed by atoms with Crippen molar-refractivity contribution in [2.24, 2.45) is 0 Å². The van der Waals surface area contributed by atoms with E-state index in [1.54, 1.807) is 36.4 Å². The SMILES string of the molecule is O=S(=O)(c1ccccc1)N1CCCCN(S(=O)(=O)c2ccccc2)C1. The van der Waals surface area contributed by atoms with E-state index in [1.165, 1.54) is 32.9 Å². The van der Waals surface area contributed by atoms with Crippen LogP contribution in [0.25, 0.3) is 0 Å². The number of hydrogen-bond acceptors (Lipinski definition) is 4. The first-order chi connectivity index (χ1) is 11.9. The zero-order valence-electron chi connectivity index (χ0n) is 13.7. The Bertz CT molecular complexity index is 836. The van der Waals surface area contributed by atoms with Crippen LogP contribution in [0.2, 0.25) is 0 Å². The van der Waals surface area contributed by atoms with Gasteiger partial charge in [-0.15, -0.1) is 0 Å². The molecule has 3 rings (SSSR count). The smallest absolute Gasteiger partial charge is 0.207 e. The summed E-state index contributed by atoms with van der Waals surface area (Å²) < 4.78 is 53.9. The van der Waals surface area contributed by atoms with E-state index < -0.39 is 20.0 Å². The van der Waals surface area contributed by atoms with Crippen LogP contribution in [0.4, 0.5) is 0 Å². The van der Waals surface area contributed by atoms with Crippen LogP contribution in [-0.2, 0) is 20.0 Å². The number of sulfonamides is 2. The van der Waals surface area contributed by atoms with Crippen molar-refractivity contribution in [3.05, 3.63) is 60.7 Å². The fourth-order valence-corrected chi connectivity index (χ4v) is 5.76. The second-order valence-electron chi connectivity index (χ2n) is 5.84. The predicted molar refractivity (Wildman–Crippen MR) is 94.8 cm³/mol. The number of nitrogens with zero attached hydrogens (tertiary/aromatic N) is 2. The molecule has 1 fully saturated rings. The van der Waals surface area contributed by atoms with Crippen LogP contribution >= 0.6 is 0 Å². The normalized spacial score (nSPS) is 17.9. The maximum Gasteiger partial charge on any atom is 0.244 e. The Balaban J connectivity index is 1.92. The van der Waals surface area contributed by atoms with Gasteiger partial charge in [-0.05, 0) is 37.1 Å². The third kappa shape index (κ3) is 3.77. The van der Waals surface area contributed by atoms with Crippen LogP contribution in [0.1, 0.15) is 12.8 Å². The maximum atomic E-state index is 12.9. The average molecular weight is 380 g/mol. The lowest BCUT2D eigenvalue weighted by molar-refractivity contribution is 0.318. The van der Waals surface area contributed by atoms with Crippen molar-refractivity contribution in [3.8, 4) is 0 Å². The molecule has 1 aliphatic rings. The molecule has 0 amide bonds. The molecule has 2 aromatic rings. The Labute approximate surface area is 148 Å². The molecule has 0 aromatic heterocycles. The van der Waals surface area contributed by atoms with Gasteiger partial charge in [-0.25, -0.2) is 16.8 Å². The lowest BCUT2D eigenvalue weighted by atomic mass is 10.3. The van der Waals surface area contributed by atoms with Gasteiger partial charge in [0.1, 0.15) is 0 Å². The van der Waals surface area contributed by atoms with E-state index in [0.717, 1.165) is 0 Å². The van der Waals surface area contributed by atoms with Crippen LogP contribution in [-0.4, -0.2) is 45.2 Å². The summed E-state index contributed by atoms with van der Waals surface area (Å²) in [6.45, 7) is 0.435. The minimum Gasteiger partial charge on any atom is -0.207 e. The van der Waals surface area contributed by atoms with Gasteiger partial charge in [0.15, 0.2) is 0 Å². The first-order valence-electron chi connectivity index (χ1n) is 8.03. The van der Waals surface area contributed by atoms with Crippen molar-refractivity contribution < 1.29 is 16.8 Å². The largest absolute Gasteiger partial charge is 0.244 e. The Kier molecular flexibility index (Phi) is 5.24. The highest BCUT2D eigenvalue weighted by atomic mass is 32.2. The molecule has 0 saturated carbocycles. The van der Waals surface area contributed by atoms with Crippen LogP contribution in [0.5, 0.6) is 0 Å². The molecule has 1 saturated heterocycles. The fourth-order valence-electron chi connectivity index (χ4n) is 2.77. The quantitative estimate of drug-likeness (QED) is 0.814. The maximum absolute atomic E-state index is 12.9. The zero-order chi connectivity index (χ0) is 17.9. The van der Waals surface area contributed by atoms with Gasteiger partial charge in [0.05, 0.1) is 16.5 Å². The van der Waals surface area contributed by atoms with Crippen LogP contribution < -0.4 is 0 Å². The molecule has 8 heteroatoms. The van der Waals surface area contributed by atoms with Crippen molar-refractivity contribution >= 4 is 20.0 Å². The Hall–Kier alpha value is -1.74. The summed E-state index contributed by atoms with van der Waals surface area (Å²) in [4.78, 5) is 0.350. The molecule has 0 spiro atoms. The predicted octanol–water partition coefficient (Wildman–Crippen LogP) is 2.12. The van der Waals surface area contributed by atoms with E-state index >= 15 is 0 Å². The van der Waals surface area contributed by atoms with Gasteiger partial charge in [0.25, 0.3) is 0 Å². The molecule has 2 aromatic carbocycles. The summed E-state index contributed by atoms with van der Waals surface area (Å²) in [5, 5.41) is 0. The van der Waals surface area contributed by atoms with E-state index in [4.69, 9.17) is 0 Å². The highest BCUT2D eigenvalue weighted by Gasteiger charge is 2.33. The van der Waals surface area contributed by atoms with Crippen molar-refractivity contribution in [3.63, 3.8) is 0 Å². The Morgan fingerprint density at radius 1 is 0.600 bits per heavy atom. The molecule has 0 N–H and O–H groups in total. The zero-order valence-corrected chi connectivity index (χ0v) is 15.3. The number of rotatable bonds is 4. The number of hydrogen-bond donors (Lipinski definition) is 0. The molecule has 6 nitrogen and oxygen atoms in total. The molecule has 25 heavy (non-hydrogen) atoms. The van der Waals surface area contributed by atoms with Gasteiger partial charge in [0.2, 0.25) is 20.0 Å². The highest BCUT2D eigenvalue weighted by molar-refractivity contribution is 7.90. The Morgan fingerprint density at radius 2 is 0.960 bits per heavy atom. The molecule has 0 atom stereocenters. The molecule has 1 aliphatic heterocycles. The third-order valence-electron chi connectivity index (χ3n) is 4.14. The van der Waals surface area contributed by atoms with Gasteiger partial charge in [-0.1, -0.05) is 36.4 Å².